The molecule has 1 atom stereocenters. The molecule has 20 heavy (non-hydrogen) atoms. The van der Waals surface area contributed by atoms with Crippen LogP contribution in [-0.4, -0.2) is 21.4 Å². The van der Waals surface area contributed by atoms with Crippen LogP contribution in [0.1, 0.15) is 12.8 Å². The lowest BCUT2D eigenvalue weighted by molar-refractivity contribution is -0.115. The van der Waals surface area contributed by atoms with Crippen LogP contribution in [0.15, 0.2) is 27.8 Å². The monoisotopic (exact) mass is 296 g/mol. The fourth-order valence-electron chi connectivity index (χ4n) is 1.40. The molecule has 0 saturated heterocycles. The fraction of sp³-hybridized carbons (Fsp3) is 0.250. The van der Waals surface area contributed by atoms with Gasteiger partial charge in [0.1, 0.15) is 5.82 Å². The van der Waals surface area contributed by atoms with E-state index in [1.54, 1.807) is 13.8 Å². The Hall–Kier alpha value is -2.09. The van der Waals surface area contributed by atoms with Crippen molar-refractivity contribution in [3.8, 4) is 0 Å². The minimum absolute atomic E-state index is 0.0455. The Kier molecular flexibility index (Phi) is 4.23. The smallest absolute Gasteiger partial charge is 0.277 e. The normalized spacial score (nSPS) is 12.2. The Bertz CT molecular complexity index is 632. The van der Waals surface area contributed by atoms with E-state index in [4.69, 9.17) is 10.2 Å². The Balaban J connectivity index is 2.02. The van der Waals surface area contributed by atoms with Crippen molar-refractivity contribution in [3.63, 3.8) is 0 Å². The third-order valence-corrected chi connectivity index (χ3v) is 3.34. The number of carbonyl (C=O) groups excluding carboxylic acids is 1. The molecule has 0 saturated carbocycles. The summed E-state index contributed by atoms with van der Waals surface area (Å²) < 4.78 is 18.7. The first kappa shape index (κ1) is 14.3. The lowest BCUT2D eigenvalue weighted by Gasteiger charge is -2.11. The molecule has 106 valence electrons. The van der Waals surface area contributed by atoms with Crippen LogP contribution in [0.5, 0.6) is 0 Å². The lowest BCUT2D eigenvalue weighted by atomic mass is 10.2. The first-order valence-electron chi connectivity index (χ1n) is 5.78. The first-order chi connectivity index (χ1) is 9.45. The number of hydrogen-bond donors (Lipinski definition) is 2. The van der Waals surface area contributed by atoms with Gasteiger partial charge in [-0.15, -0.1) is 10.2 Å². The van der Waals surface area contributed by atoms with E-state index in [1.165, 1.54) is 18.2 Å². The molecule has 2 rings (SSSR count). The molecule has 0 bridgehead atoms. The largest absolute Gasteiger partial charge is 0.416 e. The molecule has 0 aliphatic heterocycles. The van der Waals surface area contributed by atoms with E-state index in [-0.39, 0.29) is 16.8 Å². The first-order valence-corrected chi connectivity index (χ1v) is 6.66. The van der Waals surface area contributed by atoms with Crippen LogP contribution in [0.3, 0.4) is 0 Å². The molecule has 0 aliphatic carbocycles. The molecule has 0 aliphatic rings. The van der Waals surface area contributed by atoms with Crippen LogP contribution >= 0.6 is 11.8 Å². The van der Waals surface area contributed by atoms with Crippen LogP contribution in [0.4, 0.5) is 15.8 Å². The van der Waals surface area contributed by atoms with Crippen molar-refractivity contribution in [3.05, 3.63) is 29.9 Å². The summed E-state index contributed by atoms with van der Waals surface area (Å²) in [4.78, 5) is 12.0. The second kappa shape index (κ2) is 5.91. The molecule has 0 radical (unpaired) electrons. The van der Waals surface area contributed by atoms with Crippen molar-refractivity contribution in [2.75, 3.05) is 11.1 Å². The Morgan fingerprint density at radius 1 is 1.50 bits per heavy atom. The van der Waals surface area contributed by atoms with E-state index in [0.717, 1.165) is 11.8 Å². The predicted octanol–water partition coefficient (Wildman–Crippen LogP) is 2.22. The summed E-state index contributed by atoms with van der Waals surface area (Å²) in [6.45, 7) is 3.31. The average Bonchev–Trinajstić information content (AvgIpc) is 2.79. The highest BCUT2D eigenvalue weighted by Crippen LogP contribution is 2.24. The molecule has 2 aromatic rings. The highest BCUT2D eigenvalue weighted by atomic mass is 32.2. The summed E-state index contributed by atoms with van der Waals surface area (Å²) in [6.07, 6.45) is 0. The van der Waals surface area contributed by atoms with Gasteiger partial charge in [0.2, 0.25) is 11.8 Å². The second-order valence-electron chi connectivity index (χ2n) is 4.08. The maximum Gasteiger partial charge on any atom is 0.277 e. The number of halogens is 1. The molecule has 1 amide bonds. The number of nitrogen functional groups attached to an aromatic ring is 1. The average molecular weight is 296 g/mol. The number of rotatable bonds is 4. The van der Waals surface area contributed by atoms with Crippen LogP contribution in [0, 0.1) is 12.7 Å². The van der Waals surface area contributed by atoms with Gasteiger partial charge in [-0.25, -0.2) is 4.39 Å². The van der Waals surface area contributed by atoms with E-state index < -0.39 is 11.1 Å². The minimum Gasteiger partial charge on any atom is -0.416 e. The third kappa shape index (κ3) is 3.47. The molecule has 0 spiro atoms. The van der Waals surface area contributed by atoms with Crippen molar-refractivity contribution in [2.45, 2.75) is 24.3 Å². The van der Waals surface area contributed by atoms with Crippen molar-refractivity contribution in [1.29, 1.82) is 0 Å². The highest BCUT2D eigenvalue weighted by Gasteiger charge is 2.19. The molecule has 0 fully saturated rings. The van der Waals surface area contributed by atoms with Crippen molar-refractivity contribution in [2.24, 2.45) is 0 Å². The predicted molar refractivity (Wildman–Crippen MR) is 73.8 cm³/mol. The zero-order valence-electron chi connectivity index (χ0n) is 10.9. The quantitative estimate of drug-likeness (QED) is 0.663. The van der Waals surface area contributed by atoms with Crippen LogP contribution < -0.4 is 11.1 Å². The summed E-state index contributed by atoms with van der Waals surface area (Å²) >= 11 is 1.10. The topological polar surface area (TPSA) is 94.0 Å². The molecule has 6 nitrogen and oxygen atoms in total. The summed E-state index contributed by atoms with van der Waals surface area (Å²) in [5.74, 6) is -0.504. The maximum atomic E-state index is 13.5. The number of thioether (sulfide) groups is 1. The second-order valence-corrected chi connectivity index (χ2v) is 5.37. The SMILES string of the molecule is Cc1nnc(SC(C)C(=O)Nc2cc(N)ccc2F)o1. The Labute approximate surface area is 118 Å². The number of anilines is 2. The van der Waals surface area contributed by atoms with Gasteiger partial charge in [0, 0.05) is 12.6 Å². The van der Waals surface area contributed by atoms with E-state index in [0.29, 0.717) is 11.6 Å². The summed E-state index contributed by atoms with van der Waals surface area (Å²) in [6, 6.07) is 3.98. The van der Waals surface area contributed by atoms with Gasteiger partial charge in [0.25, 0.3) is 5.22 Å². The van der Waals surface area contributed by atoms with Crippen molar-refractivity contribution < 1.29 is 13.6 Å². The highest BCUT2D eigenvalue weighted by molar-refractivity contribution is 8.00. The fourth-order valence-corrected chi connectivity index (χ4v) is 2.13. The summed E-state index contributed by atoms with van der Waals surface area (Å²) in [5.41, 5.74) is 5.96. The summed E-state index contributed by atoms with van der Waals surface area (Å²) in [7, 11) is 0. The molecule has 1 heterocycles. The van der Waals surface area contributed by atoms with Crippen LogP contribution in [0.25, 0.3) is 0 Å². The molecule has 1 aromatic carbocycles. The molecular weight excluding hydrogens is 283 g/mol. The number of nitrogens with two attached hydrogens (primary N) is 1. The van der Waals surface area contributed by atoms with E-state index in [1.807, 2.05) is 0 Å². The standard InChI is InChI=1S/C12H13FN4O2S/c1-6(20-12-17-16-7(2)19-12)11(18)15-10-5-8(14)3-4-9(10)13/h3-6H,14H2,1-2H3,(H,15,18). The molecule has 8 heteroatoms. The van der Waals surface area contributed by atoms with Gasteiger partial charge in [0.05, 0.1) is 10.9 Å². The number of nitrogens with one attached hydrogen (secondary N) is 1. The van der Waals surface area contributed by atoms with Crippen molar-refractivity contribution in [1.82, 2.24) is 10.2 Å². The number of aryl methyl sites for hydroxylation is 1. The van der Waals surface area contributed by atoms with Crippen LogP contribution in [0.2, 0.25) is 0 Å². The van der Waals surface area contributed by atoms with Gasteiger partial charge in [-0.1, -0.05) is 11.8 Å². The molecule has 3 N–H and O–H groups in total. The van der Waals surface area contributed by atoms with Crippen molar-refractivity contribution >= 4 is 29.0 Å². The minimum atomic E-state index is -0.543. The molecular formula is C12H13FN4O2S. The number of carbonyl (C=O) groups is 1. The van der Waals surface area contributed by atoms with Gasteiger partial charge < -0.3 is 15.5 Å². The maximum absolute atomic E-state index is 13.5. The van der Waals surface area contributed by atoms with Gasteiger partial charge in [-0.05, 0) is 25.1 Å². The third-order valence-electron chi connectivity index (χ3n) is 2.40. The van der Waals surface area contributed by atoms with Gasteiger partial charge in [-0.2, -0.15) is 0 Å². The lowest BCUT2D eigenvalue weighted by Crippen LogP contribution is -2.23. The molecule has 1 unspecified atom stereocenters. The van der Waals surface area contributed by atoms with E-state index in [2.05, 4.69) is 15.5 Å². The number of amides is 1. The van der Waals surface area contributed by atoms with Gasteiger partial charge >= 0.3 is 0 Å². The van der Waals surface area contributed by atoms with Gasteiger partial charge in [0.15, 0.2) is 0 Å². The summed E-state index contributed by atoms with van der Waals surface area (Å²) in [5, 5.41) is 9.69. The molecule has 1 aromatic heterocycles. The Morgan fingerprint density at radius 3 is 2.90 bits per heavy atom. The van der Waals surface area contributed by atoms with E-state index in [9.17, 15) is 9.18 Å². The zero-order chi connectivity index (χ0) is 14.7. The van der Waals surface area contributed by atoms with E-state index >= 15 is 0 Å². The van der Waals surface area contributed by atoms with Crippen LogP contribution in [-0.2, 0) is 4.79 Å². The number of aromatic nitrogens is 2. The number of hydrogen-bond acceptors (Lipinski definition) is 6. The number of benzene rings is 1. The van der Waals surface area contributed by atoms with Gasteiger partial charge in [-0.3, -0.25) is 4.79 Å². The number of nitrogens with zero attached hydrogens (tertiary/aromatic N) is 2. The zero-order valence-corrected chi connectivity index (χ0v) is 11.7. The Morgan fingerprint density at radius 2 is 2.25 bits per heavy atom.